The van der Waals surface area contributed by atoms with Crippen LogP contribution in [0.2, 0.25) is 0 Å². The predicted molar refractivity (Wildman–Crippen MR) is 142 cm³/mol. The summed E-state index contributed by atoms with van der Waals surface area (Å²) in [4.78, 5) is 0. The molecule has 0 spiro atoms. The average molecular weight is 471 g/mol. The Kier molecular flexibility index (Phi) is 10.6. The zero-order chi connectivity index (χ0) is 25.2. The van der Waals surface area contributed by atoms with Crippen molar-refractivity contribution >= 4 is 0 Å². The zero-order valence-corrected chi connectivity index (χ0v) is 22.6. The summed E-state index contributed by atoms with van der Waals surface area (Å²) in [5, 5.41) is 10.6. The van der Waals surface area contributed by atoms with Gasteiger partial charge in [-0.25, -0.2) is 0 Å². The highest BCUT2D eigenvalue weighted by Gasteiger charge is 2.28. The Labute approximate surface area is 208 Å². The van der Waals surface area contributed by atoms with E-state index in [1.54, 1.807) is 0 Å². The number of aliphatic hydroxyl groups is 1. The fraction of sp³-hybridized carbons (Fsp3) is 0.600. The number of rotatable bonds is 14. The molecule has 0 fully saturated rings. The summed E-state index contributed by atoms with van der Waals surface area (Å²) in [6.07, 6.45) is 0.630. The monoisotopic (exact) mass is 470 g/mol. The van der Waals surface area contributed by atoms with E-state index < -0.39 is 6.10 Å². The van der Waals surface area contributed by atoms with Gasteiger partial charge < -0.3 is 19.1 Å². The molecule has 34 heavy (non-hydrogen) atoms. The predicted octanol–water partition coefficient (Wildman–Crippen LogP) is 6.21. The highest BCUT2D eigenvalue weighted by molar-refractivity contribution is 5.31. The third kappa shape index (κ3) is 9.40. The van der Waals surface area contributed by atoms with Crippen LogP contribution in [-0.4, -0.2) is 55.1 Å². The van der Waals surface area contributed by atoms with Crippen molar-refractivity contribution in [2.45, 2.75) is 73.0 Å². The van der Waals surface area contributed by atoms with Gasteiger partial charge in [0.25, 0.3) is 0 Å². The molecule has 0 saturated carbocycles. The van der Waals surface area contributed by atoms with Crippen LogP contribution in [-0.2, 0) is 16.7 Å². The van der Waals surface area contributed by atoms with Gasteiger partial charge in [0.05, 0.1) is 26.3 Å². The van der Waals surface area contributed by atoms with Crippen LogP contribution in [0, 0.1) is 5.41 Å². The Bertz CT molecular complexity index is 820. The maximum absolute atomic E-state index is 10.6. The van der Waals surface area contributed by atoms with E-state index in [2.05, 4.69) is 84.9 Å². The van der Waals surface area contributed by atoms with E-state index >= 15 is 0 Å². The Morgan fingerprint density at radius 1 is 0.853 bits per heavy atom. The van der Waals surface area contributed by atoms with Gasteiger partial charge in [0.15, 0.2) is 0 Å². The summed E-state index contributed by atoms with van der Waals surface area (Å²) < 4.78 is 12.5. The lowest BCUT2D eigenvalue weighted by molar-refractivity contribution is -0.940. The number of benzene rings is 2. The third-order valence-electron chi connectivity index (χ3n) is 6.72. The summed E-state index contributed by atoms with van der Waals surface area (Å²) in [7, 11) is 0. The number of hydrogen-bond donors (Lipinski definition) is 1. The first kappa shape index (κ1) is 28.4. The van der Waals surface area contributed by atoms with Crippen LogP contribution in [0.25, 0.3) is 0 Å². The molecule has 0 unspecified atom stereocenters. The second kappa shape index (κ2) is 12.7. The maximum Gasteiger partial charge on any atom is 0.126 e. The molecule has 0 heterocycles. The van der Waals surface area contributed by atoms with Crippen molar-refractivity contribution in [2.75, 3.05) is 39.5 Å². The highest BCUT2D eigenvalue weighted by atomic mass is 16.5. The molecular formula is C30H48NO3+. The van der Waals surface area contributed by atoms with Crippen molar-refractivity contribution in [1.29, 1.82) is 0 Å². The van der Waals surface area contributed by atoms with E-state index in [0.29, 0.717) is 26.4 Å². The van der Waals surface area contributed by atoms with Gasteiger partial charge in [0.1, 0.15) is 31.5 Å². The molecule has 1 atom stereocenters. The molecule has 0 radical (unpaired) electrons. The lowest BCUT2D eigenvalue weighted by Crippen LogP contribution is -2.52. The Balaban J connectivity index is 1.75. The van der Waals surface area contributed by atoms with Gasteiger partial charge in [0.2, 0.25) is 0 Å². The van der Waals surface area contributed by atoms with Crippen LogP contribution >= 0.6 is 0 Å². The second-order valence-electron chi connectivity index (χ2n) is 11.5. The van der Waals surface area contributed by atoms with E-state index in [1.807, 2.05) is 18.2 Å². The first-order valence-electron chi connectivity index (χ1n) is 12.9. The summed E-state index contributed by atoms with van der Waals surface area (Å²) in [6.45, 7) is 20.7. The molecule has 0 saturated heterocycles. The first-order valence-corrected chi connectivity index (χ1v) is 12.9. The zero-order valence-electron chi connectivity index (χ0n) is 22.6. The SMILES string of the molecule is CC[N+](CC)(Cc1ccccc1)C[C@@H](O)COCCOc1ccc(C(C)(C)CC(C)(C)C)cc1. The fourth-order valence-corrected chi connectivity index (χ4v) is 5.11. The smallest absolute Gasteiger partial charge is 0.126 e. The fourth-order valence-electron chi connectivity index (χ4n) is 5.11. The van der Waals surface area contributed by atoms with Crippen LogP contribution in [0.4, 0.5) is 0 Å². The molecule has 0 bridgehead atoms. The molecular weight excluding hydrogens is 422 g/mol. The molecule has 0 aliphatic heterocycles. The average Bonchev–Trinajstić information content (AvgIpc) is 2.78. The molecule has 1 N–H and O–H groups in total. The van der Waals surface area contributed by atoms with Crippen molar-refractivity contribution in [1.82, 2.24) is 0 Å². The summed E-state index contributed by atoms with van der Waals surface area (Å²) in [5.41, 5.74) is 3.05. The maximum atomic E-state index is 10.6. The van der Waals surface area contributed by atoms with Gasteiger partial charge in [-0.15, -0.1) is 0 Å². The Morgan fingerprint density at radius 3 is 2.03 bits per heavy atom. The molecule has 4 heteroatoms. The molecule has 2 rings (SSSR count). The molecule has 0 aliphatic rings. The van der Waals surface area contributed by atoms with Crippen LogP contribution < -0.4 is 4.74 Å². The molecule has 0 aromatic heterocycles. The van der Waals surface area contributed by atoms with Crippen LogP contribution in [0.3, 0.4) is 0 Å². The minimum atomic E-state index is -0.493. The molecule has 0 aliphatic carbocycles. The van der Waals surface area contributed by atoms with Crippen molar-refractivity contribution < 1.29 is 19.1 Å². The van der Waals surface area contributed by atoms with Crippen molar-refractivity contribution in [3.8, 4) is 5.75 Å². The number of nitrogens with zero attached hydrogens (tertiary/aromatic N) is 1. The number of likely N-dealkylation sites (N-methyl/N-ethyl adjacent to an activating group) is 1. The van der Waals surface area contributed by atoms with Crippen molar-refractivity contribution in [3.05, 3.63) is 65.7 Å². The summed E-state index contributed by atoms with van der Waals surface area (Å²) in [6, 6.07) is 19.0. The van der Waals surface area contributed by atoms with Crippen LogP contribution in [0.1, 0.15) is 66.0 Å². The van der Waals surface area contributed by atoms with Crippen LogP contribution in [0.15, 0.2) is 54.6 Å². The second-order valence-corrected chi connectivity index (χ2v) is 11.5. The third-order valence-corrected chi connectivity index (χ3v) is 6.72. The van der Waals surface area contributed by atoms with E-state index in [4.69, 9.17) is 9.47 Å². The van der Waals surface area contributed by atoms with Gasteiger partial charge in [-0.1, -0.05) is 77.1 Å². The summed E-state index contributed by atoms with van der Waals surface area (Å²) >= 11 is 0. The standard InChI is InChI=1S/C30H48NO3/c1-8-31(9-2,21-25-13-11-10-12-14-25)22-27(32)23-33-19-20-34-28-17-15-26(16-18-28)30(6,7)24-29(3,4)5/h10-18,27,32H,8-9,19-24H2,1-7H3/q+1/t27-/m1/s1. The van der Waals surface area contributed by atoms with Crippen molar-refractivity contribution in [3.63, 3.8) is 0 Å². The molecule has 2 aromatic carbocycles. The van der Waals surface area contributed by atoms with E-state index in [9.17, 15) is 5.11 Å². The topological polar surface area (TPSA) is 38.7 Å². The van der Waals surface area contributed by atoms with Crippen molar-refractivity contribution in [2.24, 2.45) is 5.41 Å². The number of aliphatic hydroxyl groups excluding tert-OH is 1. The van der Waals surface area contributed by atoms with E-state index in [-0.39, 0.29) is 10.8 Å². The molecule has 0 amide bonds. The number of ether oxygens (including phenoxy) is 2. The lowest BCUT2D eigenvalue weighted by atomic mass is 9.72. The number of quaternary nitrogens is 1. The summed E-state index contributed by atoms with van der Waals surface area (Å²) in [5.74, 6) is 0.856. The Hall–Kier alpha value is -1.88. The molecule has 190 valence electrons. The largest absolute Gasteiger partial charge is 0.491 e. The molecule has 2 aromatic rings. The van der Waals surface area contributed by atoms with E-state index in [0.717, 1.165) is 36.3 Å². The van der Waals surface area contributed by atoms with Gasteiger partial charge in [-0.2, -0.15) is 0 Å². The highest BCUT2D eigenvalue weighted by Crippen LogP contribution is 2.36. The molecule has 4 nitrogen and oxygen atoms in total. The van der Waals surface area contributed by atoms with Crippen LogP contribution in [0.5, 0.6) is 5.75 Å². The normalized spacial score (nSPS) is 13.6. The minimum absolute atomic E-state index is 0.126. The Morgan fingerprint density at radius 2 is 1.47 bits per heavy atom. The van der Waals surface area contributed by atoms with Gasteiger partial charge in [-0.3, -0.25) is 0 Å². The first-order chi connectivity index (χ1) is 16.0. The number of hydrogen-bond acceptors (Lipinski definition) is 3. The quantitative estimate of drug-likeness (QED) is 0.263. The van der Waals surface area contributed by atoms with E-state index in [1.165, 1.54) is 11.1 Å². The van der Waals surface area contributed by atoms with Gasteiger partial charge in [0, 0.05) is 5.56 Å². The minimum Gasteiger partial charge on any atom is -0.491 e. The van der Waals surface area contributed by atoms with Gasteiger partial charge in [-0.05, 0) is 48.8 Å². The van der Waals surface area contributed by atoms with Gasteiger partial charge >= 0.3 is 0 Å². The lowest BCUT2D eigenvalue weighted by Gasteiger charge is -2.38.